The van der Waals surface area contributed by atoms with E-state index in [4.69, 9.17) is 17.3 Å². The van der Waals surface area contributed by atoms with Gasteiger partial charge in [0.15, 0.2) is 0 Å². The first kappa shape index (κ1) is 11.4. The molecule has 0 saturated carbocycles. The summed E-state index contributed by atoms with van der Waals surface area (Å²) in [5.74, 6) is 1.23. The molecular formula is C10H18ClN3. The zero-order chi connectivity index (χ0) is 10.7. The van der Waals surface area contributed by atoms with Crippen LogP contribution < -0.4 is 5.73 Å². The zero-order valence-corrected chi connectivity index (χ0v) is 9.80. The van der Waals surface area contributed by atoms with E-state index in [2.05, 4.69) is 18.9 Å². The van der Waals surface area contributed by atoms with Crippen molar-refractivity contribution in [2.75, 3.05) is 5.73 Å². The van der Waals surface area contributed by atoms with Crippen LogP contribution in [0.3, 0.4) is 0 Å². The quantitative estimate of drug-likeness (QED) is 0.840. The van der Waals surface area contributed by atoms with Crippen molar-refractivity contribution in [3.8, 4) is 0 Å². The fourth-order valence-corrected chi connectivity index (χ4v) is 1.64. The van der Waals surface area contributed by atoms with Crippen molar-refractivity contribution < 1.29 is 0 Å². The van der Waals surface area contributed by atoms with Crippen molar-refractivity contribution in [3.05, 3.63) is 10.7 Å². The molecule has 0 aliphatic rings. The molecule has 0 aromatic carbocycles. The van der Waals surface area contributed by atoms with Crippen LogP contribution in [0.1, 0.15) is 32.4 Å². The lowest BCUT2D eigenvalue weighted by Crippen LogP contribution is -2.12. The van der Waals surface area contributed by atoms with Gasteiger partial charge in [-0.15, -0.1) is 0 Å². The minimum atomic E-state index is 0.593. The van der Waals surface area contributed by atoms with Gasteiger partial charge in [0, 0.05) is 6.54 Å². The summed E-state index contributed by atoms with van der Waals surface area (Å²) in [7, 11) is 0. The maximum atomic E-state index is 5.96. The number of hydrogen-bond acceptors (Lipinski definition) is 2. The largest absolute Gasteiger partial charge is 0.383 e. The Kier molecular flexibility index (Phi) is 3.81. The van der Waals surface area contributed by atoms with Crippen LogP contribution in [0.2, 0.25) is 5.02 Å². The molecule has 0 saturated heterocycles. The number of nitrogens with zero attached hydrogens (tertiary/aromatic N) is 2. The lowest BCUT2D eigenvalue weighted by atomic mass is 10.0. The number of anilines is 1. The van der Waals surface area contributed by atoms with Gasteiger partial charge >= 0.3 is 0 Å². The molecule has 0 fully saturated rings. The molecule has 0 bridgehead atoms. The van der Waals surface area contributed by atoms with E-state index in [9.17, 15) is 0 Å². The zero-order valence-electron chi connectivity index (χ0n) is 9.05. The monoisotopic (exact) mass is 215 g/mol. The van der Waals surface area contributed by atoms with Gasteiger partial charge in [0.1, 0.15) is 10.8 Å². The third-order valence-corrected chi connectivity index (χ3v) is 3.14. The molecule has 1 rings (SSSR count). The van der Waals surface area contributed by atoms with E-state index in [1.165, 1.54) is 0 Å². The van der Waals surface area contributed by atoms with E-state index in [1.807, 2.05) is 11.6 Å². The Morgan fingerprint density at radius 3 is 2.36 bits per heavy atom. The fourth-order valence-electron chi connectivity index (χ4n) is 1.51. The molecule has 1 aromatic heterocycles. The second-order valence-electron chi connectivity index (χ2n) is 3.65. The molecule has 4 heteroatoms. The fraction of sp³-hybridized carbons (Fsp3) is 0.700. The molecule has 0 amide bonds. The maximum Gasteiger partial charge on any atom is 0.140 e. The molecule has 0 aliphatic carbocycles. The van der Waals surface area contributed by atoms with Crippen LogP contribution in [0.5, 0.6) is 0 Å². The minimum absolute atomic E-state index is 0.593. The van der Waals surface area contributed by atoms with E-state index >= 15 is 0 Å². The Labute approximate surface area is 90.2 Å². The standard InChI is InChI=1S/C10H18ClN3/c1-4-8(5-2)6-14-10(12)9(11)7(3)13-14/h8H,4-6,12H2,1-3H3. The highest BCUT2D eigenvalue weighted by molar-refractivity contribution is 6.33. The predicted octanol–water partition coefficient (Wildman–Crippen LogP) is 2.86. The number of hydrogen-bond donors (Lipinski definition) is 1. The molecule has 0 spiro atoms. The highest BCUT2D eigenvalue weighted by Gasteiger charge is 2.12. The van der Waals surface area contributed by atoms with Crippen LogP contribution in [-0.4, -0.2) is 9.78 Å². The third-order valence-electron chi connectivity index (χ3n) is 2.68. The van der Waals surface area contributed by atoms with Crippen LogP contribution >= 0.6 is 11.6 Å². The summed E-state index contributed by atoms with van der Waals surface area (Å²) in [4.78, 5) is 0. The van der Waals surface area contributed by atoms with Crippen molar-refractivity contribution in [3.63, 3.8) is 0 Å². The Balaban J connectivity index is 2.81. The van der Waals surface area contributed by atoms with Crippen molar-refractivity contribution in [2.45, 2.75) is 40.2 Å². The number of halogens is 1. The number of aryl methyl sites for hydroxylation is 1. The van der Waals surface area contributed by atoms with Gasteiger partial charge in [-0.05, 0) is 12.8 Å². The molecule has 3 nitrogen and oxygen atoms in total. The Bertz CT molecular complexity index is 303. The van der Waals surface area contributed by atoms with Crippen LogP contribution in [0, 0.1) is 12.8 Å². The summed E-state index contributed by atoms with van der Waals surface area (Å²) in [6, 6.07) is 0. The van der Waals surface area contributed by atoms with Crippen molar-refractivity contribution >= 4 is 17.4 Å². The second kappa shape index (κ2) is 4.69. The van der Waals surface area contributed by atoms with Gasteiger partial charge in [-0.3, -0.25) is 0 Å². The van der Waals surface area contributed by atoms with Crippen LogP contribution in [0.4, 0.5) is 5.82 Å². The number of aromatic nitrogens is 2. The maximum absolute atomic E-state index is 5.96. The average Bonchev–Trinajstić information content (AvgIpc) is 2.42. The number of nitrogen functional groups attached to an aromatic ring is 1. The SMILES string of the molecule is CCC(CC)Cn1nc(C)c(Cl)c1N. The van der Waals surface area contributed by atoms with Gasteiger partial charge in [0.2, 0.25) is 0 Å². The molecule has 2 N–H and O–H groups in total. The summed E-state index contributed by atoms with van der Waals surface area (Å²) in [6.45, 7) is 7.11. The summed E-state index contributed by atoms with van der Waals surface area (Å²) < 4.78 is 1.81. The van der Waals surface area contributed by atoms with E-state index in [0.29, 0.717) is 16.8 Å². The molecule has 14 heavy (non-hydrogen) atoms. The Hall–Kier alpha value is -0.700. The highest BCUT2D eigenvalue weighted by Crippen LogP contribution is 2.23. The number of nitrogens with two attached hydrogens (primary N) is 1. The van der Waals surface area contributed by atoms with E-state index in [0.717, 1.165) is 25.1 Å². The molecule has 0 unspecified atom stereocenters. The molecule has 1 heterocycles. The molecule has 0 atom stereocenters. The first-order chi connectivity index (χ1) is 6.60. The van der Waals surface area contributed by atoms with Gasteiger partial charge in [-0.1, -0.05) is 38.3 Å². The Morgan fingerprint density at radius 2 is 2.00 bits per heavy atom. The van der Waals surface area contributed by atoms with Gasteiger partial charge in [0.25, 0.3) is 0 Å². The van der Waals surface area contributed by atoms with Gasteiger partial charge in [-0.2, -0.15) is 5.10 Å². The van der Waals surface area contributed by atoms with Crippen LogP contribution in [-0.2, 0) is 6.54 Å². The number of rotatable bonds is 4. The topological polar surface area (TPSA) is 43.8 Å². The van der Waals surface area contributed by atoms with Crippen molar-refractivity contribution in [1.82, 2.24) is 9.78 Å². The lowest BCUT2D eigenvalue weighted by Gasteiger charge is -2.12. The molecule has 80 valence electrons. The molecule has 0 aliphatic heterocycles. The summed E-state index contributed by atoms with van der Waals surface area (Å²) in [5.41, 5.74) is 6.64. The van der Waals surface area contributed by atoms with Crippen LogP contribution in [0.15, 0.2) is 0 Å². The minimum Gasteiger partial charge on any atom is -0.383 e. The first-order valence-electron chi connectivity index (χ1n) is 5.08. The van der Waals surface area contributed by atoms with Gasteiger partial charge in [-0.25, -0.2) is 4.68 Å². The normalized spacial score (nSPS) is 11.2. The molecular weight excluding hydrogens is 198 g/mol. The Morgan fingerprint density at radius 1 is 1.43 bits per heavy atom. The summed E-state index contributed by atoms with van der Waals surface area (Å²) >= 11 is 5.96. The van der Waals surface area contributed by atoms with Crippen LogP contribution in [0.25, 0.3) is 0 Å². The molecule has 1 aromatic rings. The second-order valence-corrected chi connectivity index (χ2v) is 4.03. The molecule has 0 radical (unpaired) electrons. The van der Waals surface area contributed by atoms with Crippen molar-refractivity contribution in [1.29, 1.82) is 0 Å². The van der Waals surface area contributed by atoms with E-state index < -0.39 is 0 Å². The third kappa shape index (κ3) is 2.21. The summed E-state index contributed by atoms with van der Waals surface area (Å²) in [6.07, 6.45) is 2.29. The van der Waals surface area contributed by atoms with Gasteiger partial charge < -0.3 is 5.73 Å². The lowest BCUT2D eigenvalue weighted by molar-refractivity contribution is 0.398. The summed E-state index contributed by atoms with van der Waals surface area (Å²) in [5, 5.41) is 4.90. The highest BCUT2D eigenvalue weighted by atomic mass is 35.5. The average molecular weight is 216 g/mol. The van der Waals surface area contributed by atoms with Gasteiger partial charge in [0.05, 0.1) is 5.69 Å². The predicted molar refractivity (Wildman–Crippen MR) is 60.5 cm³/mol. The van der Waals surface area contributed by atoms with E-state index in [1.54, 1.807) is 0 Å². The first-order valence-corrected chi connectivity index (χ1v) is 5.46. The smallest absolute Gasteiger partial charge is 0.140 e. The van der Waals surface area contributed by atoms with Crippen molar-refractivity contribution in [2.24, 2.45) is 5.92 Å². The van der Waals surface area contributed by atoms with E-state index in [-0.39, 0.29) is 0 Å².